The Kier molecular flexibility index (Phi) is 5.13. The van der Waals surface area contributed by atoms with Crippen LogP contribution in [0.5, 0.6) is 0 Å². The van der Waals surface area contributed by atoms with Crippen molar-refractivity contribution in [2.75, 3.05) is 13.1 Å². The lowest BCUT2D eigenvalue weighted by molar-refractivity contribution is -0.130. The molecule has 1 aliphatic heterocycles. The Bertz CT molecular complexity index is 997. The van der Waals surface area contributed by atoms with Crippen molar-refractivity contribution < 1.29 is 9.90 Å². The molecule has 2 N–H and O–H groups in total. The van der Waals surface area contributed by atoms with Gasteiger partial charge in [0.2, 0.25) is 5.91 Å². The third-order valence-electron chi connectivity index (χ3n) is 5.82. The lowest BCUT2D eigenvalue weighted by Crippen LogP contribution is -2.29. The van der Waals surface area contributed by atoms with Crippen molar-refractivity contribution in [2.45, 2.75) is 39.2 Å². The number of carbonyl (C=O) groups is 1. The Morgan fingerprint density at radius 2 is 2.04 bits per heavy atom. The number of H-pyrrole nitrogens is 1. The minimum atomic E-state index is -0.508. The molecule has 1 saturated heterocycles. The van der Waals surface area contributed by atoms with Gasteiger partial charge in [0.1, 0.15) is 0 Å². The molecule has 1 aromatic carbocycles. The maximum Gasteiger partial charge on any atom is 0.223 e. The fourth-order valence-electron chi connectivity index (χ4n) is 3.91. The van der Waals surface area contributed by atoms with Crippen LogP contribution in [0.25, 0.3) is 10.9 Å². The number of hydrogen-bond acceptors (Lipinski definition) is 4. The number of aromatic amines is 1. The molecule has 1 aliphatic rings. The summed E-state index contributed by atoms with van der Waals surface area (Å²) < 4.78 is 0. The van der Waals surface area contributed by atoms with Crippen LogP contribution in [0.2, 0.25) is 0 Å². The van der Waals surface area contributed by atoms with E-state index >= 15 is 0 Å². The van der Waals surface area contributed by atoms with E-state index in [1.54, 1.807) is 4.90 Å². The molecule has 0 aliphatic carbocycles. The number of aliphatic hydroxyl groups is 1. The maximum absolute atomic E-state index is 12.6. The molecule has 0 saturated carbocycles. The smallest absolute Gasteiger partial charge is 0.223 e. The summed E-state index contributed by atoms with van der Waals surface area (Å²) in [5, 5.41) is 18.8. The van der Waals surface area contributed by atoms with Gasteiger partial charge in [-0.1, -0.05) is 24.3 Å². The molecule has 4 rings (SSSR count). The van der Waals surface area contributed by atoms with E-state index in [2.05, 4.69) is 16.3 Å². The molecular formula is C22H26N4O2. The molecule has 3 heterocycles. The minimum Gasteiger partial charge on any atom is -0.391 e. The zero-order chi connectivity index (χ0) is 19.7. The highest BCUT2D eigenvalue weighted by molar-refractivity contribution is 5.78. The quantitative estimate of drug-likeness (QED) is 0.715. The average molecular weight is 378 g/mol. The largest absolute Gasteiger partial charge is 0.391 e. The zero-order valence-corrected chi connectivity index (χ0v) is 16.4. The third kappa shape index (κ3) is 3.78. The Balaban J connectivity index is 1.36. The second-order valence-electron chi connectivity index (χ2n) is 7.75. The van der Waals surface area contributed by atoms with Gasteiger partial charge >= 0.3 is 0 Å². The first-order chi connectivity index (χ1) is 13.5. The average Bonchev–Trinajstić information content (AvgIpc) is 3.22. The summed E-state index contributed by atoms with van der Waals surface area (Å²) in [6.45, 7) is 4.98. The summed E-state index contributed by atoms with van der Waals surface area (Å²) in [4.78, 5) is 19.1. The van der Waals surface area contributed by atoms with Crippen LogP contribution >= 0.6 is 0 Å². The van der Waals surface area contributed by atoms with E-state index in [4.69, 9.17) is 4.98 Å². The van der Waals surface area contributed by atoms with Crippen molar-refractivity contribution in [3.63, 3.8) is 0 Å². The van der Waals surface area contributed by atoms with E-state index in [0.717, 1.165) is 33.5 Å². The van der Waals surface area contributed by atoms with Crippen LogP contribution in [0.1, 0.15) is 29.1 Å². The molecular weight excluding hydrogens is 352 g/mol. The molecule has 0 spiro atoms. The summed E-state index contributed by atoms with van der Waals surface area (Å²) in [6.07, 6.45) is 1.21. The molecule has 146 valence electrons. The van der Waals surface area contributed by atoms with Gasteiger partial charge in [-0.2, -0.15) is 5.10 Å². The number of benzene rings is 1. The van der Waals surface area contributed by atoms with Gasteiger partial charge in [-0.3, -0.25) is 14.9 Å². The number of aliphatic hydroxyl groups excluding tert-OH is 1. The monoisotopic (exact) mass is 378 g/mol. The van der Waals surface area contributed by atoms with Gasteiger partial charge in [-0.05, 0) is 38.0 Å². The SMILES string of the molecule is Cc1[nH]nc(CCC(=O)N2C[C@@H](Cc3ccc4ccccc4n3)[C@H](O)C2)c1C. The zero-order valence-electron chi connectivity index (χ0n) is 16.4. The molecule has 6 nitrogen and oxygen atoms in total. The Morgan fingerprint density at radius 3 is 2.82 bits per heavy atom. The molecule has 0 unspecified atom stereocenters. The van der Waals surface area contributed by atoms with Crippen LogP contribution in [0, 0.1) is 19.8 Å². The Labute approximate surface area is 164 Å². The lowest BCUT2D eigenvalue weighted by Gasteiger charge is -2.16. The van der Waals surface area contributed by atoms with Crippen molar-refractivity contribution in [1.82, 2.24) is 20.1 Å². The number of aromatic nitrogens is 3. The van der Waals surface area contributed by atoms with Gasteiger partial charge in [0.15, 0.2) is 0 Å². The maximum atomic E-state index is 12.6. The van der Waals surface area contributed by atoms with E-state index < -0.39 is 6.10 Å². The number of likely N-dealkylation sites (tertiary alicyclic amines) is 1. The Morgan fingerprint density at radius 1 is 1.21 bits per heavy atom. The third-order valence-corrected chi connectivity index (χ3v) is 5.82. The van der Waals surface area contributed by atoms with Crippen molar-refractivity contribution in [2.24, 2.45) is 5.92 Å². The first-order valence-corrected chi connectivity index (χ1v) is 9.82. The van der Waals surface area contributed by atoms with Crippen LogP contribution in [0.15, 0.2) is 36.4 Å². The number of amides is 1. The number of rotatable bonds is 5. The number of nitrogens with one attached hydrogen (secondary N) is 1. The lowest BCUT2D eigenvalue weighted by atomic mass is 9.99. The predicted octanol–water partition coefficient (Wildman–Crippen LogP) is 2.57. The van der Waals surface area contributed by atoms with Crippen molar-refractivity contribution >= 4 is 16.8 Å². The molecule has 0 radical (unpaired) electrons. The highest BCUT2D eigenvalue weighted by atomic mass is 16.3. The van der Waals surface area contributed by atoms with Gasteiger partial charge in [-0.25, -0.2) is 0 Å². The number of fused-ring (bicyclic) bond motifs is 1. The molecule has 6 heteroatoms. The summed E-state index contributed by atoms with van der Waals surface area (Å²) in [7, 11) is 0. The fraction of sp³-hybridized carbons (Fsp3) is 0.409. The van der Waals surface area contributed by atoms with E-state index in [9.17, 15) is 9.90 Å². The standard InChI is InChI=1S/C22H26N4O2/c1-14-15(2)24-25-19(14)9-10-22(28)26-12-17(21(27)13-26)11-18-8-7-16-5-3-4-6-20(16)23-18/h3-8,17,21,27H,9-13H2,1-2H3,(H,24,25)/t17-,21-/m1/s1. The van der Waals surface area contributed by atoms with Crippen LogP contribution in [-0.4, -0.2) is 50.3 Å². The van der Waals surface area contributed by atoms with Gasteiger partial charge < -0.3 is 10.0 Å². The van der Waals surface area contributed by atoms with E-state index in [1.165, 1.54) is 0 Å². The second kappa shape index (κ2) is 7.72. The summed E-state index contributed by atoms with van der Waals surface area (Å²) in [5.74, 6) is 0.0973. The molecule has 28 heavy (non-hydrogen) atoms. The number of hydrogen-bond donors (Lipinski definition) is 2. The molecule has 1 fully saturated rings. The molecule has 2 atom stereocenters. The summed E-state index contributed by atoms with van der Waals surface area (Å²) in [5.41, 5.74) is 5.03. The topological polar surface area (TPSA) is 82.1 Å². The number of carbonyl (C=O) groups excluding carboxylic acids is 1. The molecule has 1 amide bonds. The number of aryl methyl sites for hydroxylation is 2. The Hall–Kier alpha value is -2.73. The number of nitrogens with zero attached hydrogens (tertiary/aromatic N) is 3. The summed E-state index contributed by atoms with van der Waals surface area (Å²) >= 11 is 0. The number of para-hydroxylation sites is 1. The van der Waals surface area contributed by atoms with E-state index in [0.29, 0.717) is 32.4 Å². The van der Waals surface area contributed by atoms with E-state index in [1.807, 2.05) is 44.2 Å². The first kappa shape index (κ1) is 18.6. The predicted molar refractivity (Wildman–Crippen MR) is 108 cm³/mol. The van der Waals surface area contributed by atoms with Crippen molar-refractivity contribution in [1.29, 1.82) is 0 Å². The number of β-amino-alcohol motifs (C(OH)–C–C–N with tert-alkyl or cyclic N) is 1. The van der Waals surface area contributed by atoms with Crippen LogP contribution in [0.4, 0.5) is 0 Å². The van der Waals surface area contributed by atoms with Gasteiger partial charge in [0.25, 0.3) is 0 Å². The highest BCUT2D eigenvalue weighted by Crippen LogP contribution is 2.23. The normalized spacial score (nSPS) is 19.5. The van der Waals surface area contributed by atoms with Gasteiger partial charge in [-0.15, -0.1) is 0 Å². The number of pyridine rings is 1. The highest BCUT2D eigenvalue weighted by Gasteiger charge is 2.34. The van der Waals surface area contributed by atoms with Gasteiger partial charge in [0, 0.05) is 48.6 Å². The second-order valence-corrected chi connectivity index (χ2v) is 7.75. The van der Waals surface area contributed by atoms with Crippen LogP contribution in [0.3, 0.4) is 0 Å². The molecule has 0 bridgehead atoms. The van der Waals surface area contributed by atoms with E-state index in [-0.39, 0.29) is 11.8 Å². The van der Waals surface area contributed by atoms with Crippen molar-refractivity contribution in [3.8, 4) is 0 Å². The van der Waals surface area contributed by atoms with Crippen LogP contribution in [-0.2, 0) is 17.6 Å². The van der Waals surface area contributed by atoms with Crippen LogP contribution < -0.4 is 0 Å². The summed E-state index contributed by atoms with van der Waals surface area (Å²) in [6, 6.07) is 12.1. The van der Waals surface area contributed by atoms with Crippen molar-refractivity contribution in [3.05, 3.63) is 59.0 Å². The van der Waals surface area contributed by atoms with Gasteiger partial charge in [0.05, 0.1) is 17.3 Å². The minimum absolute atomic E-state index is 0.0203. The molecule has 3 aromatic rings. The fourth-order valence-corrected chi connectivity index (χ4v) is 3.91. The molecule has 2 aromatic heterocycles. The first-order valence-electron chi connectivity index (χ1n) is 9.82.